The van der Waals surface area contributed by atoms with Crippen LogP contribution in [0.1, 0.15) is 21.8 Å². The molecule has 0 atom stereocenters. The van der Waals surface area contributed by atoms with Crippen LogP contribution in [0.3, 0.4) is 0 Å². The van der Waals surface area contributed by atoms with Crippen LogP contribution in [0.4, 0.5) is 10.2 Å². The smallest absolute Gasteiger partial charge is 0.338 e. The third kappa shape index (κ3) is 2.45. The van der Waals surface area contributed by atoms with E-state index in [1.54, 1.807) is 13.0 Å². The summed E-state index contributed by atoms with van der Waals surface area (Å²) in [5.41, 5.74) is 0.151. The number of carbonyl (C=O) groups is 1. The molecular formula is C11H10FN3O3. The monoisotopic (exact) mass is 251 g/mol. The first kappa shape index (κ1) is 12.0. The van der Waals surface area contributed by atoms with Crippen LogP contribution in [0.25, 0.3) is 0 Å². The topological polar surface area (TPSA) is 88.2 Å². The van der Waals surface area contributed by atoms with E-state index >= 15 is 0 Å². The average Bonchev–Trinajstić information content (AvgIpc) is 2.73. The average molecular weight is 251 g/mol. The molecule has 0 aliphatic carbocycles. The van der Waals surface area contributed by atoms with Crippen molar-refractivity contribution in [1.29, 1.82) is 0 Å². The van der Waals surface area contributed by atoms with Crippen molar-refractivity contribution >= 4 is 11.8 Å². The van der Waals surface area contributed by atoms with E-state index in [1.165, 1.54) is 6.20 Å². The van der Waals surface area contributed by atoms with E-state index in [4.69, 9.17) is 9.63 Å². The second kappa shape index (κ2) is 4.82. The van der Waals surface area contributed by atoms with Gasteiger partial charge in [-0.2, -0.15) is 0 Å². The summed E-state index contributed by atoms with van der Waals surface area (Å²) in [7, 11) is 0. The summed E-state index contributed by atoms with van der Waals surface area (Å²) in [4.78, 5) is 14.5. The molecule has 0 amide bonds. The highest BCUT2D eigenvalue weighted by Gasteiger charge is 2.15. The van der Waals surface area contributed by atoms with Crippen LogP contribution in [0.15, 0.2) is 22.9 Å². The van der Waals surface area contributed by atoms with Crippen molar-refractivity contribution < 1.29 is 18.8 Å². The van der Waals surface area contributed by atoms with Gasteiger partial charge in [0, 0.05) is 12.3 Å². The molecule has 0 spiro atoms. The molecule has 0 fully saturated rings. The van der Waals surface area contributed by atoms with Crippen molar-refractivity contribution in [3.05, 3.63) is 41.2 Å². The highest BCUT2D eigenvalue weighted by atomic mass is 19.1. The highest BCUT2D eigenvalue weighted by Crippen LogP contribution is 2.15. The van der Waals surface area contributed by atoms with Crippen LogP contribution in [0.5, 0.6) is 0 Å². The van der Waals surface area contributed by atoms with Gasteiger partial charge in [0.2, 0.25) is 0 Å². The van der Waals surface area contributed by atoms with Crippen LogP contribution >= 0.6 is 0 Å². The van der Waals surface area contributed by atoms with Gasteiger partial charge in [-0.3, -0.25) is 0 Å². The Labute approximate surface area is 101 Å². The maximum atomic E-state index is 13.7. The number of hydrogen-bond donors (Lipinski definition) is 2. The Morgan fingerprint density at radius 2 is 2.39 bits per heavy atom. The molecule has 2 aromatic rings. The van der Waals surface area contributed by atoms with Gasteiger partial charge in [-0.05, 0) is 13.0 Å². The lowest BCUT2D eigenvalue weighted by atomic mass is 10.2. The lowest BCUT2D eigenvalue weighted by Gasteiger charge is -2.05. The van der Waals surface area contributed by atoms with Gasteiger partial charge in [0.25, 0.3) is 0 Å². The highest BCUT2D eigenvalue weighted by molar-refractivity contribution is 5.88. The zero-order valence-electron chi connectivity index (χ0n) is 9.48. The fourth-order valence-electron chi connectivity index (χ4n) is 1.41. The Bertz CT molecular complexity index is 583. The van der Waals surface area contributed by atoms with Gasteiger partial charge in [-0.15, -0.1) is 0 Å². The summed E-state index contributed by atoms with van der Waals surface area (Å²) < 4.78 is 18.5. The zero-order valence-corrected chi connectivity index (χ0v) is 9.48. The Hall–Kier alpha value is -2.44. The number of carboxylic acid groups (broad SMARTS) is 1. The van der Waals surface area contributed by atoms with Gasteiger partial charge < -0.3 is 14.9 Å². The van der Waals surface area contributed by atoms with Crippen molar-refractivity contribution in [2.45, 2.75) is 13.5 Å². The molecule has 0 aromatic carbocycles. The molecule has 2 aromatic heterocycles. The maximum Gasteiger partial charge on any atom is 0.338 e. The SMILES string of the molecule is Cc1cc(CNc2nccc(C(=O)O)c2F)no1. The van der Waals surface area contributed by atoms with Crippen LogP contribution in [0, 0.1) is 12.7 Å². The van der Waals surface area contributed by atoms with Gasteiger partial charge >= 0.3 is 5.97 Å². The summed E-state index contributed by atoms with van der Waals surface area (Å²) in [5, 5.41) is 15.1. The molecule has 0 aliphatic heterocycles. The minimum atomic E-state index is -1.34. The molecule has 7 heteroatoms. The number of hydrogen-bond acceptors (Lipinski definition) is 5. The number of nitrogens with one attached hydrogen (secondary N) is 1. The van der Waals surface area contributed by atoms with Crippen molar-refractivity contribution in [3.63, 3.8) is 0 Å². The van der Waals surface area contributed by atoms with Crippen LogP contribution in [0.2, 0.25) is 0 Å². The first-order valence-electron chi connectivity index (χ1n) is 5.12. The lowest BCUT2D eigenvalue weighted by molar-refractivity contribution is 0.0692. The second-order valence-corrected chi connectivity index (χ2v) is 3.61. The molecule has 0 bridgehead atoms. The first-order valence-corrected chi connectivity index (χ1v) is 5.12. The number of pyridine rings is 1. The summed E-state index contributed by atoms with van der Waals surface area (Å²) in [6.07, 6.45) is 1.23. The Morgan fingerprint density at radius 1 is 1.61 bits per heavy atom. The molecule has 2 rings (SSSR count). The molecule has 2 N–H and O–H groups in total. The standard InChI is InChI=1S/C11H10FN3O3/c1-6-4-7(15-18-6)5-14-10-9(12)8(11(16)17)2-3-13-10/h2-4H,5H2,1H3,(H,13,14)(H,16,17). The van der Waals surface area contributed by atoms with Crippen molar-refractivity contribution in [2.75, 3.05) is 5.32 Å². The van der Waals surface area contributed by atoms with E-state index < -0.39 is 17.3 Å². The molecule has 2 heterocycles. The molecule has 6 nitrogen and oxygen atoms in total. The number of halogens is 1. The minimum Gasteiger partial charge on any atom is -0.478 e. The largest absolute Gasteiger partial charge is 0.478 e. The van der Waals surface area contributed by atoms with Gasteiger partial charge in [0.1, 0.15) is 17.0 Å². The number of nitrogens with zero attached hydrogens (tertiary/aromatic N) is 2. The fraction of sp³-hybridized carbons (Fsp3) is 0.182. The second-order valence-electron chi connectivity index (χ2n) is 3.61. The van der Waals surface area contributed by atoms with Crippen LogP contribution < -0.4 is 5.32 Å². The number of anilines is 1. The molecule has 0 saturated heterocycles. The van der Waals surface area contributed by atoms with E-state index in [0.717, 1.165) is 6.07 Å². The molecule has 0 radical (unpaired) electrons. The quantitative estimate of drug-likeness (QED) is 0.861. The number of aromatic nitrogens is 2. The van der Waals surface area contributed by atoms with Crippen LogP contribution in [-0.2, 0) is 6.54 Å². The molecule has 0 aliphatic rings. The summed E-state index contributed by atoms with van der Waals surface area (Å²) in [6.45, 7) is 1.94. The predicted octanol–water partition coefficient (Wildman–Crippen LogP) is 1.83. The maximum absolute atomic E-state index is 13.7. The van der Waals surface area contributed by atoms with Crippen LogP contribution in [-0.4, -0.2) is 21.2 Å². The van der Waals surface area contributed by atoms with E-state index in [-0.39, 0.29) is 12.4 Å². The van der Waals surface area contributed by atoms with Crippen molar-refractivity contribution in [2.24, 2.45) is 0 Å². The third-order valence-corrected chi connectivity index (χ3v) is 2.23. The van der Waals surface area contributed by atoms with Crippen molar-refractivity contribution in [3.8, 4) is 0 Å². The lowest BCUT2D eigenvalue weighted by Crippen LogP contribution is -2.08. The number of carboxylic acids is 1. The van der Waals surface area contributed by atoms with E-state index in [9.17, 15) is 9.18 Å². The third-order valence-electron chi connectivity index (χ3n) is 2.23. The fourth-order valence-corrected chi connectivity index (χ4v) is 1.41. The van der Waals surface area contributed by atoms with E-state index in [1.807, 2.05) is 0 Å². The molecule has 94 valence electrons. The number of aromatic carboxylic acids is 1. The number of aryl methyl sites for hydroxylation is 1. The number of rotatable bonds is 4. The molecule has 18 heavy (non-hydrogen) atoms. The van der Waals surface area contributed by atoms with E-state index in [0.29, 0.717) is 11.5 Å². The minimum absolute atomic E-state index is 0.129. The van der Waals surface area contributed by atoms with Gasteiger partial charge in [-0.1, -0.05) is 5.16 Å². The summed E-state index contributed by atoms with van der Waals surface area (Å²) >= 11 is 0. The summed E-state index contributed by atoms with van der Waals surface area (Å²) in [6, 6.07) is 2.79. The van der Waals surface area contributed by atoms with Gasteiger partial charge in [0.15, 0.2) is 11.6 Å². The van der Waals surface area contributed by atoms with E-state index in [2.05, 4.69) is 15.5 Å². The predicted molar refractivity (Wildman–Crippen MR) is 59.7 cm³/mol. The normalized spacial score (nSPS) is 10.3. The van der Waals surface area contributed by atoms with Gasteiger partial charge in [-0.25, -0.2) is 14.2 Å². The Morgan fingerprint density at radius 3 is 3.00 bits per heavy atom. The zero-order chi connectivity index (χ0) is 13.1. The van der Waals surface area contributed by atoms with Gasteiger partial charge in [0.05, 0.1) is 6.54 Å². The molecular weight excluding hydrogens is 241 g/mol. The Kier molecular flexibility index (Phi) is 3.22. The first-order chi connectivity index (χ1) is 8.58. The molecule has 0 saturated carbocycles. The Balaban J connectivity index is 2.14. The van der Waals surface area contributed by atoms with Crippen molar-refractivity contribution in [1.82, 2.24) is 10.1 Å². The molecule has 0 unspecified atom stereocenters. The summed E-state index contributed by atoms with van der Waals surface area (Å²) in [5.74, 6) is -1.73.